The van der Waals surface area contributed by atoms with Gasteiger partial charge in [-0.05, 0) is 63.5 Å². The summed E-state index contributed by atoms with van der Waals surface area (Å²) in [6.07, 6.45) is 4.97. The molecule has 2 amide bonds. The van der Waals surface area contributed by atoms with Gasteiger partial charge in [-0.15, -0.1) is 0 Å². The van der Waals surface area contributed by atoms with Crippen molar-refractivity contribution in [2.75, 3.05) is 44.7 Å². The number of carbonyl (C=O) groups excluding carboxylic acids is 3. The number of nitrogens with one attached hydrogen (secondary N) is 1. The van der Waals surface area contributed by atoms with E-state index >= 15 is 0 Å². The van der Waals surface area contributed by atoms with E-state index in [4.69, 9.17) is 4.74 Å². The lowest BCUT2D eigenvalue weighted by Crippen LogP contribution is -2.35. The molecule has 3 rings (SSSR count). The minimum Gasteiger partial charge on any atom is -0.482 e. The van der Waals surface area contributed by atoms with Gasteiger partial charge in [0.1, 0.15) is 5.75 Å². The van der Waals surface area contributed by atoms with E-state index in [9.17, 15) is 14.4 Å². The van der Waals surface area contributed by atoms with Crippen molar-refractivity contribution in [1.82, 2.24) is 10.2 Å². The largest absolute Gasteiger partial charge is 0.482 e. The number of ketones is 1. The van der Waals surface area contributed by atoms with Gasteiger partial charge in [0.15, 0.2) is 12.4 Å². The van der Waals surface area contributed by atoms with E-state index in [0.29, 0.717) is 23.5 Å². The Bertz CT molecular complexity index is 728. The van der Waals surface area contributed by atoms with Crippen LogP contribution in [0.4, 0.5) is 5.69 Å². The lowest BCUT2D eigenvalue weighted by atomic mass is 10.0. The number of likely N-dealkylation sites (tertiary alicyclic amines) is 1. The van der Waals surface area contributed by atoms with Crippen molar-refractivity contribution in [3.63, 3.8) is 0 Å². The van der Waals surface area contributed by atoms with Gasteiger partial charge in [0.2, 0.25) is 5.91 Å². The first-order chi connectivity index (χ1) is 13.5. The molecule has 0 spiro atoms. The zero-order valence-corrected chi connectivity index (χ0v) is 16.5. The smallest absolute Gasteiger partial charge is 0.264 e. The fourth-order valence-corrected chi connectivity index (χ4v) is 3.60. The van der Waals surface area contributed by atoms with Gasteiger partial charge < -0.3 is 19.9 Å². The SMILES string of the molecule is CN1C(=O)COc2ccc(C(=O)CCC(=O)NCCCCN3CCCC3)cc21. The number of ether oxygens (including phenoxy) is 1. The first-order valence-electron chi connectivity index (χ1n) is 10.1. The number of carbonyl (C=O) groups is 3. The summed E-state index contributed by atoms with van der Waals surface area (Å²) in [6, 6.07) is 5.04. The number of hydrogen-bond acceptors (Lipinski definition) is 5. The third-order valence-corrected chi connectivity index (χ3v) is 5.37. The van der Waals surface area contributed by atoms with E-state index in [0.717, 1.165) is 19.4 Å². The highest BCUT2D eigenvalue weighted by molar-refractivity contribution is 6.02. The second kappa shape index (κ2) is 9.68. The summed E-state index contributed by atoms with van der Waals surface area (Å²) in [5.41, 5.74) is 1.08. The summed E-state index contributed by atoms with van der Waals surface area (Å²) >= 11 is 0. The van der Waals surface area contributed by atoms with Crippen molar-refractivity contribution in [2.24, 2.45) is 0 Å². The summed E-state index contributed by atoms with van der Waals surface area (Å²) in [4.78, 5) is 40.1. The maximum absolute atomic E-state index is 12.4. The Morgan fingerprint density at radius 1 is 1.14 bits per heavy atom. The maximum atomic E-state index is 12.4. The second-order valence-corrected chi connectivity index (χ2v) is 7.45. The molecule has 1 aromatic carbocycles. The fourth-order valence-electron chi connectivity index (χ4n) is 3.60. The molecular weight excluding hydrogens is 358 g/mol. The van der Waals surface area contributed by atoms with Crippen LogP contribution in [-0.2, 0) is 9.59 Å². The minimum atomic E-state index is -0.152. The van der Waals surface area contributed by atoms with Gasteiger partial charge in [-0.3, -0.25) is 14.4 Å². The van der Waals surface area contributed by atoms with Crippen LogP contribution in [0.1, 0.15) is 48.9 Å². The summed E-state index contributed by atoms with van der Waals surface area (Å²) in [6.45, 7) is 4.17. The van der Waals surface area contributed by atoms with Crippen molar-refractivity contribution in [3.05, 3.63) is 23.8 Å². The molecule has 1 N–H and O–H groups in total. The van der Waals surface area contributed by atoms with Gasteiger partial charge in [0.25, 0.3) is 5.91 Å². The molecule has 0 aliphatic carbocycles. The molecule has 1 aromatic rings. The minimum absolute atomic E-state index is 0.00892. The van der Waals surface area contributed by atoms with E-state index in [-0.39, 0.29) is 37.0 Å². The van der Waals surface area contributed by atoms with E-state index in [1.54, 1.807) is 25.2 Å². The molecule has 2 aliphatic rings. The Hall–Kier alpha value is -2.41. The molecule has 28 heavy (non-hydrogen) atoms. The van der Waals surface area contributed by atoms with Crippen LogP contribution in [0.15, 0.2) is 18.2 Å². The number of anilines is 1. The van der Waals surface area contributed by atoms with Gasteiger partial charge >= 0.3 is 0 Å². The van der Waals surface area contributed by atoms with Crippen LogP contribution in [0.2, 0.25) is 0 Å². The molecule has 0 aromatic heterocycles. The average molecular weight is 387 g/mol. The van der Waals surface area contributed by atoms with Crippen molar-refractivity contribution in [2.45, 2.75) is 38.5 Å². The lowest BCUT2D eigenvalue weighted by Gasteiger charge is -2.26. The highest BCUT2D eigenvalue weighted by Gasteiger charge is 2.23. The number of likely N-dealkylation sites (N-methyl/N-ethyl adjacent to an activating group) is 1. The van der Waals surface area contributed by atoms with Crippen molar-refractivity contribution in [1.29, 1.82) is 0 Å². The summed E-state index contributed by atoms with van der Waals surface area (Å²) < 4.78 is 5.37. The zero-order chi connectivity index (χ0) is 19.9. The molecule has 7 nitrogen and oxygen atoms in total. The fraction of sp³-hybridized carbons (Fsp3) is 0.571. The number of benzene rings is 1. The second-order valence-electron chi connectivity index (χ2n) is 7.45. The van der Waals surface area contributed by atoms with E-state index in [1.165, 1.54) is 30.8 Å². The van der Waals surface area contributed by atoms with Crippen molar-refractivity contribution < 1.29 is 19.1 Å². The molecule has 2 aliphatic heterocycles. The predicted octanol–water partition coefficient (Wildman–Crippen LogP) is 2.00. The van der Waals surface area contributed by atoms with Gasteiger partial charge in [0.05, 0.1) is 5.69 Å². The number of unbranched alkanes of at least 4 members (excludes halogenated alkanes) is 1. The van der Waals surface area contributed by atoms with Crippen LogP contribution >= 0.6 is 0 Å². The van der Waals surface area contributed by atoms with Crippen LogP contribution < -0.4 is 15.0 Å². The Kier molecular flexibility index (Phi) is 7.03. The zero-order valence-electron chi connectivity index (χ0n) is 16.5. The number of hydrogen-bond donors (Lipinski definition) is 1. The third-order valence-electron chi connectivity index (χ3n) is 5.37. The number of amides is 2. The number of nitrogens with zero attached hydrogens (tertiary/aromatic N) is 2. The normalized spacial score (nSPS) is 16.6. The van der Waals surface area contributed by atoms with E-state index < -0.39 is 0 Å². The lowest BCUT2D eigenvalue weighted by molar-refractivity contribution is -0.121. The Morgan fingerprint density at radius 3 is 2.71 bits per heavy atom. The Morgan fingerprint density at radius 2 is 1.93 bits per heavy atom. The predicted molar refractivity (Wildman–Crippen MR) is 107 cm³/mol. The topological polar surface area (TPSA) is 78.9 Å². The van der Waals surface area contributed by atoms with Gasteiger partial charge in [-0.1, -0.05) is 0 Å². The van der Waals surface area contributed by atoms with E-state index in [1.807, 2.05) is 0 Å². The van der Waals surface area contributed by atoms with Crippen LogP contribution in [0, 0.1) is 0 Å². The number of rotatable bonds is 9. The number of Topliss-reactive ketones (excluding diaryl/α,β-unsaturated/α-hetero) is 1. The third kappa shape index (κ3) is 5.32. The highest BCUT2D eigenvalue weighted by atomic mass is 16.5. The molecule has 0 saturated carbocycles. The van der Waals surface area contributed by atoms with Crippen LogP contribution in [0.5, 0.6) is 5.75 Å². The van der Waals surface area contributed by atoms with E-state index in [2.05, 4.69) is 10.2 Å². The molecule has 0 unspecified atom stereocenters. The summed E-state index contributed by atoms with van der Waals surface area (Å²) in [5.74, 6) is 0.230. The van der Waals surface area contributed by atoms with Crippen LogP contribution in [-0.4, -0.2) is 62.3 Å². The molecular formula is C21H29N3O4. The first-order valence-corrected chi connectivity index (χ1v) is 10.1. The molecule has 2 heterocycles. The number of fused-ring (bicyclic) bond motifs is 1. The maximum Gasteiger partial charge on any atom is 0.264 e. The summed E-state index contributed by atoms with van der Waals surface area (Å²) in [7, 11) is 1.66. The average Bonchev–Trinajstić information content (AvgIpc) is 3.22. The molecule has 1 saturated heterocycles. The van der Waals surface area contributed by atoms with Crippen molar-refractivity contribution >= 4 is 23.3 Å². The molecule has 1 fully saturated rings. The highest BCUT2D eigenvalue weighted by Crippen LogP contribution is 2.32. The Balaban J connectivity index is 1.37. The summed E-state index contributed by atoms with van der Waals surface area (Å²) in [5, 5.41) is 2.90. The van der Waals surface area contributed by atoms with Gasteiger partial charge in [-0.25, -0.2) is 0 Å². The first kappa shape index (κ1) is 20.3. The van der Waals surface area contributed by atoms with Gasteiger partial charge in [-0.2, -0.15) is 0 Å². The van der Waals surface area contributed by atoms with Crippen LogP contribution in [0.25, 0.3) is 0 Å². The molecule has 7 heteroatoms. The molecule has 0 radical (unpaired) electrons. The Labute approximate surface area is 166 Å². The molecule has 0 atom stereocenters. The van der Waals surface area contributed by atoms with Gasteiger partial charge in [0, 0.05) is 32.0 Å². The molecule has 0 bridgehead atoms. The van der Waals surface area contributed by atoms with Crippen LogP contribution in [0.3, 0.4) is 0 Å². The standard InChI is InChI=1S/C21H29N3O4/c1-23-17-14-16(6-8-19(17)28-15-21(23)27)18(25)7-9-20(26)22-10-2-3-11-24-12-4-5-13-24/h6,8,14H,2-5,7,9-13,15H2,1H3,(H,22,26). The van der Waals surface area contributed by atoms with Crippen molar-refractivity contribution in [3.8, 4) is 5.75 Å². The quantitative estimate of drug-likeness (QED) is 0.518. The monoisotopic (exact) mass is 387 g/mol. The molecule has 152 valence electrons.